The normalized spacial score (nSPS) is 11.5. The molecule has 0 radical (unpaired) electrons. The highest BCUT2D eigenvalue weighted by Crippen LogP contribution is 2.08. The molecule has 90 valence electrons. The number of aryl methyl sites for hydroxylation is 1. The van der Waals surface area contributed by atoms with E-state index in [1.165, 1.54) is 0 Å². The fourth-order valence-electron chi connectivity index (χ4n) is 1.21. The van der Waals surface area contributed by atoms with Gasteiger partial charge in [-0.05, 0) is 20.8 Å². The van der Waals surface area contributed by atoms with Gasteiger partial charge >= 0.3 is 5.97 Å². The summed E-state index contributed by atoms with van der Waals surface area (Å²) >= 11 is 0. The van der Waals surface area contributed by atoms with Gasteiger partial charge in [0.1, 0.15) is 5.60 Å². The van der Waals surface area contributed by atoms with Crippen LogP contribution >= 0.6 is 0 Å². The second-order valence-electron chi connectivity index (χ2n) is 4.61. The first-order valence-electron chi connectivity index (χ1n) is 5.25. The number of hydrogen-bond donors (Lipinski definition) is 1. The smallest absolute Gasteiger partial charge is 0.308 e. The Bertz CT molecular complexity index is 352. The van der Waals surface area contributed by atoms with E-state index in [2.05, 4.69) is 5.10 Å². The number of nitrogens with zero attached hydrogens (tertiary/aromatic N) is 2. The van der Waals surface area contributed by atoms with Crippen molar-refractivity contribution in [2.24, 2.45) is 0 Å². The van der Waals surface area contributed by atoms with Crippen LogP contribution in [0.5, 0.6) is 0 Å². The predicted molar refractivity (Wildman–Crippen MR) is 58.6 cm³/mol. The van der Waals surface area contributed by atoms with Crippen molar-refractivity contribution in [2.45, 2.75) is 45.9 Å². The molecule has 0 aromatic carbocycles. The topological polar surface area (TPSA) is 64.3 Å². The molecule has 0 aliphatic heterocycles. The maximum Gasteiger partial charge on any atom is 0.308 e. The van der Waals surface area contributed by atoms with E-state index in [9.17, 15) is 4.79 Å². The van der Waals surface area contributed by atoms with Gasteiger partial charge in [-0.25, -0.2) is 0 Å². The Morgan fingerprint density at radius 3 is 2.75 bits per heavy atom. The molecule has 1 aromatic rings. The summed E-state index contributed by atoms with van der Waals surface area (Å²) < 4.78 is 6.78. The van der Waals surface area contributed by atoms with Crippen LogP contribution in [-0.4, -0.2) is 26.5 Å². The molecule has 1 heterocycles. The Morgan fingerprint density at radius 2 is 2.25 bits per heavy atom. The maximum atomic E-state index is 11.4. The van der Waals surface area contributed by atoms with Gasteiger partial charge in [0.2, 0.25) is 0 Å². The van der Waals surface area contributed by atoms with Crippen molar-refractivity contribution in [2.75, 3.05) is 0 Å². The quantitative estimate of drug-likeness (QED) is 0.781. The van der Waals surface area contributed by atoms with Crippen LogP contribution in [-0.2, 0) is 22.7 Å². The van der Waals surface area contributed by atoms with Crippen molar-refractivity contribution < 1.29 is 14.6 Å². The predicted octanol–water partition coefficient (Wildman–Crippen LogP) is 1.11. The lowest BCUT2D eigenvalue weighted by molar-refractivity contribution is -0.155. The minimum Gasteiger partial charge on any atom is -0.460 e. The first-order valence-corrected chi connectivity index (χ1v) is 5.25. The summed E-state index contributed by atoms with van der Waals surface area (Å²) in [5, 5.41) is 12.8. The van der Waals surface area contributed by atoms with Crippen molar-refractivity contribution in [3.63, 3.8) is 0 Å². The summed E-state index contributed by atoms with van der Waals surface area (Å²) in [6.45, 7) is 5.94. The van der Waals surface area contributed by atoms with Crippen LogP contribution < -0.4 is 0 Å². The van der Waals surface area contributed by atoms with Crippen molar-refractivity contribution in [1.82, 2.24) is 9.78 Å². The van der Waals surface area contributed by atoms with Crippen molar-refractivity contribution in [3.8, 4) is 0 Å². The van der Waals surface area contributed by atoms with Gasteiger partial charge < -0.3 is 9.84 Å². The van der Waals surface area contributed by atoms with E-state index in [4.69, 9.17) is 9.84 Å². The average Bonchev–Trinajstić information content (AvgIpc) is 2.59. The van der Waals surface area contributed by atoms with E-state index in [-0.39, 0.29) is 19.0 Å². The van der Waals surface area contributed by atoms with E-state index in [0.717, 1.165) is 5.56 Å². The lowest BCUT2D eigenvalue weighted by Gasteiger charge is -2.19. The zero-order valence-corrected chi connectivity index (χ0v) is 9.93. The summed E-state index contributed by atoms with van der Waals surface area (Å²) in [7, 11) is 0. The highest BCUT2D eigenvalue weighted by molar-refractivity contribution is 5.69. The SMILES string of the molecule is CC(C)(C)OC(=O)CCn1cc(CO)cn1. The third-order valence-corrected chi connectivity index (χ3v) is 1.83. The Balaban J connectivity index is 2.37. The third-order valence-electron chi connectivity index (χ3n) is 1.83. The number of carbonyl (C=O) groups is 1. The van der Waals surface area contributed by atoms with Crippen LogP contribution in [0, 0.1) is 0 Å². The van der Waals surface area contributed by atoms with Crippen molar-refractivity contribution >= 4 is 5.97 Å². The molecule has 0 fully saturated rings. The van der Waals surface area contributed by atoms with E-state index in [1.54, 1.807) is 17.1 Å². The van der Waals surface area contributed by atoms with Gasteiger partial charge in [-0.15, -0.1) is 0 Å². The molecule has 0 spiro atoms. The number of carbonyl (C=O) groups excluding carboxylic acids is 1. The molecule has 5 nitrogen and oxygen atoms in total. The van der Waals surface area contributed by atoms with E-state index >= 15 is 0 Å². The molecular formula is C11H18N2O3. The first-order chi connectivity index (χ1) is 7.40. The molecule has 0 bridgehead atoms. The fourth-order valence-corrected chi connectivity index (χ4v) is 1.21. The Hall–Kier alpha value is -1.36. The van der Waals surface area contributed by atoms with Crippen LogP contribution in [0.2, 0.25) is 0 Å². The van der Waals surface area contributed by atoms with Gasteiger partial charge in [-0.3, -0.25) is 9.48 Å². The molecule has 0 amide bonds. The van der Waals surface area contributed by atoms with Crippen molar-refractivity contribution in [3.05, 3.63) is 18.0 Å². The van der Waals surface area contributed by atoms with Crippen LogP contribution in [0.15, 0.2) is 12.4 Å². The monoisotopic (exact) mass is 226 g/mol. The second-order valence-corrected chi connectivity index (χ2v) is 4.61. The second kappa shape index (κ2) is 5.12. The first kappa shape index (κ1) is 12.7. The summed E-state index contributed by atoms with van der Waals surface area (Å²) in [5.74, 6) is -0.242. The zero-order chi connectivity index (χ0) is 12.2. The van der Waals surface area contributed by atoms with E-state index < -0.39 is 5.60 Å². The summed E-state index contributed by atoms with van der Waals surface area (Å²) in [5.41, 5.74) is 0.293. The zero-order valence-electron chi connectivity index (χ0n) is 9.93. The molecule has 0 saturated carbocycles. The Labute approximate surface area is 95.0 Å². The van der Waals surface area contributed by atoms with Gasteiger partial charge in [-0.1, -0.05) is 0 Å². The Morgan fingerprint density at radius 1 is 1.56 bits per heavy atom. The molecule has 1 N–H and O–H groups in total. The minimum atomic E-state index is -0.447. The molecule has 16 heavy (non-hydrogen) atoms. The molecular weight excluding hydrogens is 208 g/mol. The van der Waals surface area contributed by atoms with Crippen molar-refractivity contribution in [1.29, 1.82) is 0 Å². The number of aromatic nitrogens is 2. The fraction of sp³-hybridized carbons (Fsp3) is 0.636. The molecule has 0 aliphatic carbocycles. The molecule has 0 saturated heterocycles. The van der Waals surface area contributed by atoms with Gasteiger partial charge in [0, 0.05) is 11.8 Å². The largest absolute Gasteiger partial charge is 0.460 e. The number of rotatable bonds is 4. The molecule has 0 unspecified atom stereocenters. The van der Waals surface area contributed by atoms with Gasteiger partial charge in [0.15, 0.2) is 0 Å². The number of hydrogen-bond acceptors (Lipinski definition) is 4. The van der Waals surface area contributed by atoms with Gasteiger partial charge in [0.25, 0.3) is 0 Å². The summed E-state index contributed by atoms with van der Waals surface area (Å²) in [6, 6.07) is 0. The number of aliphatic hydroxyl groups is 1. The standard InChI is InChI=1S/C11H18N2O3/c1-11(2,3)16-10(15)4-5-13-7-9(8-14)6-12-13/h6-7,14H,4-5,8H2,1-3H3. The molecule has 5 heteroatoms. The summed E-state index contributed by atoms with van der Waals surface area (Å²) in [4.78, 5) is 11.4. The molecule has 1 aromatic heterocycles. The van der Waals surface area contributed by atoms with E-state index in [0.29, 0.717) is 6.54 Å². The molecule has 0 aliphatic rings. The van der Waals surface area contributed by atoms with Crippen LogP contribution in [0.25, 0.3) is 0 Å². The summed E-state index contributed by atoms with van der Waals surface area (Å²) in [6.07, 6.45) is 3.57. The Kier molecular flexibility index (Phi) is 4.06. The highest BCUT2D eigenvalue weighted by Gasteiger charge is 2.15. The molecule has 0 atom stereocenters. The highest BCUT2D eigenvalue weighted by atomic mass is 16.6. The van der Waals surface area contributed by atoms with Crippen LogP contribution in [0.1, 0.15) is 32.8 Å². The van der Waals surface area contributed by atoms with E-state index in [1.807, 2.05) is 20.8 Å². The third kappa shape index (κ3) is 4.44. The molecule has 1 rings (SSSR count). The van der Waals surface area contributed by atoms with Crippen LogP contribution in [0.3, 0.4) is 0 Å². The number of ether oxygens (including phenoxy) is 1. The van der Waals surface area contributed by atoms with Gasteiger partial charge in [-0.2, -0.15) is 5.10 Å². The average molecular weight is 226 g/mol. The maximum absolute atomic E-state index is 11.4. The lowest BCUT2D eigenvalue weighted by atomic mass is 10.2. The number of aliphatic hydroxyl groups excluding tert-OH is 1. The number of esters is 1. The van der Waals surface area contributed by atoms with Gasteiger partial charge in [0.05, 0.1) is 25.8 Å². The minimum absolute atomic E-state index is 0.0353. The van der Waals surface area contributed by atoms with Crippen LogP contribution in [0.4, 0.5) is 0 Å². The lowest BCUT2D eigenvalue weighted by Crippen LogP contribution is -2.24.